The lowest BCUT2D eigenvalue weighted by molar-refractivity contribution is 0.353. The minimum absolute atomic E-state index is 0.0560. The monoisotopic (exact) mass is 415 g/mol. The van der Waals surface area contributed by atoms with E-state index in [2.05, 4.69) is 77.1 Å². The molecule has 0 fully saturated rings. The number of aryl methyl sites for hydroxylation is 4. The third-order valence-electron chi connectivity index (χ3n) is 6.19. The summed E-state index contributed by atoms with van der Waals surface area (Å²) in [5, 5.41) is 1.37. The van der Waals surface area contributed by atoms with Gasteiger partial charge in [0.2, 0.25) is 0 Å². The summed E-state index contributed by atoms with van der Waals surface area (Å²) in [4.78, 5) is 4.48. The molecule has 0 saturated carbocycles. The minimum Gasteiger partial charge on any atom is -0.342 e. The molecule has 2 aromatic carbocycles. The van der Waals surface area contributed by atoms with Crippen LogP contribution in [0.25, 0.3) is 10.9 Å². The minimum atomic E-state index is 0.0560. The molecular formula is C26H26ClN3. The molecule has 5 rings (SSSR count). The molecule has 2 aromatic heterocycles. The number of aromatic nitrogens is 2. The van der Waals surface area contributed by atoms with Crippen LogP contribution in [0, 0.1) is 13.8 Å². The van der Waals surface area contributed by atoms with Crippen molar-refractivity contribution >= 4 is 22.7 Å². The summed E-state index contributed by atoms with van der Waals surface area (Å²) in [6.07, 6.45) is 3.92. The molecule has 152 valence electrons. The third kappa shape index (κ3) is 3.42. The number of halogens is 1. The molecule has 3 heterocycles. The summed E-state index contributed by atoms with van der Waals surface area (Å²) in [6, 6.07) is 21.8. The maximum atomic E-state index is 6.82. The zero-order valence-corrected chi connectivity index (χ0v) is 18.2. The van der Waals surface area contributed by atoms with E-state index in [1.165, 1.54) is 38.9 Å². The van der Waals surface area contributed by atoms with Crippen molar-refractivity contribution in [2.75, 3.05) is 6.54 Å². The van der Waals surface area contributed by atoms with Crippen LogP contribution in [0.15, 0.2) is 66.9 Å². The Morgan fingerprint density at radius 2 is 1.87 bits per heavy atom. The molecule has 0 aliphatic carbocycles. The first-order valence-electron chi connectivity index (χ1n) is 10.6. The number of benzene rings is 2. The first-order chi connectivity index (χ1) is 14.6. The van der Waals surface area contributed by atoms with Gasteiger partial charge in [-0.15, -0.1) is 0 Å². The first-order valence-corrected chi connectivity index (χ1v) is 11.0. The molecule has 0 N–H and O–H groups in total. The van der Waals surface area contributed by atoms with Crippen LogP contribution in [-0.4, -0.2) is 20.5 Å². The molecule has 1 aliphatic heterocycles. The highest BCUT2D eigenvalue weighted by molar-refractivity contribution is 6.14. The molecule has 1 unspecified atom stereocenters. The Morgan fingerprint density at radius 3 is 2.63 bits per heavy atom. The van der Waals surface area contributed by atoms with E-state index in [4.69, 9.17) is 11.8 Å². The van der Waals surface area contributed by atoms with Crippen molar-refractivity contribution < 1.29 is 0 Å². The van der Waals surface area contributed by atoms with Crippen LogP contribution >= 0.6 is 11.8 Å². The smallest absolute Gasteiger partial charge is 0.0905 e. The third-order valence-corrected chi connectivity index (χ3v) is 6.56. The zero-order chi connectivity index (χ0) is 20.7. The Balaban J connectivity index is 1.65. The lowest BCUT2D eigenvalue weighted by atomic mass is 9.94. The average Bonchev–Trinajstić information content (AvgIpc) is 3.06. The second kappa shape index (κ2) is 7.90. The van der Waals surface area contributed by atoms with Crippen LogP contribution in [0.2, 0.25) is 0 Å². The molecule has 0 spiro atoms. The highest BCUT2D eigenvalue weighted by Crippen LogP contribution is 2.41. The van der Waals surface area contributed by atoms with Crippen LogP contribution in [0.3, 0.4) is 0 Å². The largest absolute Gasteiger partial charge is 0.342 e. The van der Waals surface area contributed by atoms with E-state index < -0.39 is 0 Å². The van der Waals surface area contributed by atoms with Gasteiger partial charge < -0.3 is 4.57 Å². The Hall–Kier alpha value is -2.62. The number of hydrogen-bond acceptors (Lipinski definition) is 2. The zero-order valence-electron chi connectivity index (χ0n) is 17.5. The molecule has 4 aromatic rings. The molecule has 1 atom stereocenters. The highest BCUT2D eigenvalue weighted by atomic mass is 35.5. The topological polar surface area (TPSA) is 21.1 Å². The van der Waals surface area contributed by atoms with E-state index in [-0.39, 0.29) is 6.04 Å². The number of fused-ring (bicyclic) bond motifs is 3. The van der Waals surface area contributed by atoms with Crippen LogP contribution in [-0.2, 0) is 19.4 Å². The fourth-order valence-electron chi connectivity index (χ4n) is 4.70. The average molecular weight is 416 g/mol. The van der Waals surface area contributed by atoms with Crippen LogP contribution < -0.4 is 0 Å². The first kappa shape index (κ1) is 19.3. The lowest BCUT2D eigenvalue weighted by Gasteiger charge is -2.32. The van der Waals surface area contributed by atoms with Gasteiger partial charge in [0.25, 0.3) is 0 Å². The van der Waals surface area contributed by atoms with Crippen LogP contribution in [0.4, 0.5) is 0 Å². The number of hydrogen-bond donors (Lipinski definition) is 0. The van der Waals surface area contributed by atoms with E-state index in [1.807, 2.05) is 17.5 Å². The van der Waals surface area contributed by atoms with Crippen LogP contribution in [0.5, 0.6) is 0 Å². The van der Waals surface area contributed by atoms with Crippen molar-refractivity contribution in [1.29, 1.82) is 0 Å². The van der Waals surface area contributed by atoms with E-state index in [1.54, 1.807) is 0 Å². The van der Waals surface area contributed by atoms with Crippen molar-refractivity contribution in [3.05, 3.63) is 101 Å². The highest BCUT2D eigenvalue weighted by Gasteiger charge is 2.33. The van der Waals surface area contributed by atoms with Crippen molar-refractivity contribution in [3.63, 3.8) is 0 Å². The van der Waals surface area contributed by atoms with E-state index in [0.29, 0.717) is 0 Å². The Labute approximate surface area is 183 Å². The molecule has 0 radical (unpaired) electrons. The van der Waals surface area contributed by atoms with Gasteiger partial charge in [0.05, 0.1) is 6.04 Å². The van der Waals surface area contributed by atoms with Gasteiger partial charge in [-0.2, -0.15) is 0 Å². The molecule has 0 bridgehead atoms. The van der Waals surface area contributed by atoms with Gasteiger partial charge in [0.15, 0.2) is 0 Å². The van der Waals surface area contributed by atoms with Crippen LogP contribution in [0.1, 0.15) is 39.7 Å². The lowest BCUT2D eigenvalue weighted by Crippen LogP contribution is -2.30. The van der Waals surface area contributed by atoms with E-state index in [0.717, 1.165) is 31.6 Å². The second-order valence-electron chi connectivity index (χ2n) is 8.28. The SMILES string of the molecule is Cc1ccc2c(c1)c1c(n2CCc2ccc(C)nc2)C(c2ccccc2)N(Cl)CC1. The summed E-state index contributed by atoms with van der Waals surface area (Å²) >= 11 is 6.82. The standard InChI is InChI=1S/C26H26ClN3/c1-18-8-11-24-23(16-18)22-13-15-30(27)25(21-6-4-3-5-7-21)26(22)29(24)14-12-20-10-9-19(2)28-17-20/h3-11,16-17,25H,12-15H2,1-2H3. The normalized spacial score (nSPS) is 16.7. The second-order valence-corrected chi connectivity index (χ2v) is 8.71. The maximum Gasteiger partial charge on any atom is 0.0905 e. The van der Waals surface area contributed by atoms with Gasteiger partial charge in [0.1, 0.15) is 0 Å². The molecular weight excluding hydrogens is 390 g/mol. The van der Waals surface area contributed by atoms with Crippen molar-refractivity contribution in [3.8, 4) is 0 Å². The summed E-state index contributed by atoms with van der Waals surface area (Å²) in [5.74, 6) is 0. The number of rotatable bonds is 4. The predicted molar refractivity (Wildman–Crippen MR) is 124 cm³/mol. The van der Waals surface area contributed by atoms with Gasteiger partial charge >= 0.3 is 0 Å². The number of pyridine rings is 1. The predicted octanol–water partition coefficient (Wildman–Crippen LogP) is 6.00. The Morgan fingerprint density at radius 1 is 1.03 bits per heavy atom. The summed E-state index contributed by atoms with van der Waals surface area (Å²) in [5.41, 5.74) is 8.95. The van der Waals surface area contributed by atoms with Crippen molar-refractivity contribution in [2.24, 2.45) is 0 Å². The summed E-state index contributed by atoms with van der Waals surface area (Å²) in [6.45, 7) is 5.96. The summed E-state index contributed by atoms with van der Waals surface area (Å²) < 4.78 is 4.48. The summed E-state index contributed by atoms with van der Waals surface area (Å²) in [7, 11) is 0. The van der Waals surface area contributed by atoms with Gasteiger partial charge in [-0.05, 0) is 73.4 Å². The van der Waals surface area contributed by atoms with E-state index in [9.17, 15) is 0 Å². The fourth-order valence-corrected chi connectivity index (χ4v) is 4.99. The Kier molecular flexibility index (Phi) is 5.10. The molecule has 30 heavy (non-hydrogen) atoms. The van der Waals surface area contributed by atoms with Gasteiger partial charge in [0, 0.05) is 41.6 Å². The molecule has 1 aliphatic rings. The van der Waals surface area contributed by atoms with Crippen molar-refractivity contribution in [2.45, 2.75) is 39.3 Å². The molecule has 3 nitrogen and oxygen atoms in total. The Bertz CT molecular complexity index is 1180. The van der Waals surface area contributed by atoms with Gasteiger partial charge in [-0.3, -0.25) is 4.98 Å². The maximum absolute atomic E-state index is 6.82. The molecule has 0 amide bonds. The molecule has 4 heteroatoms. The van der Waals surface area contributed by atoms with Gasteiger partial charge in [-0.1, -0.05) is 48.0 Å². The van der Waals surface area contributed by atoms with E-state index >= 15 is 0 Å². The fraction of sp³-hybridized carbons (Fsp3) is 0.269. The quantitative estimate of drug-likeness (QED) is 0.381. The van der Waals surface area contributed by atoms with Gasteiger partial charge in [-0.25, -0.2) is 4.42 Å². The van der Waals surface area contributed by atoms with Crippen molar-refractivity contribution in [1.82, 2.24) is 14.0 Å². The number of nitrogens with zero attached hydrogens (tertiary/aromatic N) is 3. The molecule has 0 saturated heterocycles.